The molecule has 4 aliphatic carbocycles. The molecule has 0 radical (unpaired) electrons. The van der Waals surface area contributed by atoms with Crippen molar-refractivity contribution in [2.75, 3.05) is 0 Å². The van der Waals surface area contributed by atoms with E-state index in [2.05, 4.69) is 40.7 Å². The molecule has 4 aliphatic rings. The molecule has 3 saturated carbocycles. The van der Waals surface area contributed by atoms with Crippen molar-refractivity contribution in [1.29, 1.82) is 0 Å². The highest BCUT2D eigenvalue weighted by atomic mass is 35.5. The number of carbonyl (C=O) groups is 1. The highest BCUT2D eigenvalue weighted by Crippen LogP contribution is 2.67. The van der Waals surface area contributed by atoms with Crippen LogP contribution in [0.15, 0.2) is 11.6 Å². The Kier molecular flexibility index (Phi) is 7.11. The molecule has 0 aromatic rings. The van der Waals surface area contributed by atoms with Crippen LogP contribution in [0.5, 0.6) is 0 Å². The fourth-order valence-corrected chi connectivity index (χ4v) is 9.06. The minimum atomic E-state index is -0.803. The van der Waals surface area contributed by atoms with E-state index in [4.69, 9.17) is 16.3 Å². The van der Waals surface area contributed by atoms with Crippen molar-refractivity contribution in [3.63, 3.8) is 0 Å². The quantitative estimate of drug-likeness (QED) is 0.323. The highest BCUT2D eigenvalue weighted by molar-refractivity contribution is 6.61. The molecule has 0 bridgehead atoms. The second-order valence-corrected chi connectivity index (χ2v) is 12.9. The van der Waals surface area contributed by atoms with Gasteiger partial charge in [0.2, 0.25) is 0 Å². The van der Waals surface area contributed by atoms with Crippen LogP contribution in [0.4, 0.5) is 4.79 Å². The Hall–Kier alpha value is -0.540. The molecule has 182 valence electrons. The molecule has 1 N–H and O–H groups in total. The van der Waals surface area contributed by atoms with Crippen molar-refractivity contribution in [3.8, 4) is 0 Å². The van der Waals surface area contributed by atoms with Crippen LogP contribution in [0.2, 0.25) is 0 Å². The van der Waals surface area contributed by atoms with Crippen molar-refractivity contribution in [2.45, 2.75) is 111 Å². The smallest absolute Gasteiger partial charge is 0.404 e. The molecule has 0 aromatic heterocycles. The zero-order valence-corrected chi connectivity index (χ0v) is 21.7. The molecular formula is C28H45ClO3. The maximum Gasteiger partial charge on any atom is 0.404 e. The zero-order valence-electron chi connectivity index (χ0n) is 20.9. The summed E-state index contributed by atoms with van der Waals surface area (Å²) in [6, 6.07) is 0. The number of hydrogen-bond donors (Lipinski definition) is 1. The Morgan fingerprint density at radius 1 is 1.12 bits per heavy atom. The molecule has 9 atom stereocenters. The first-order valence-electron chi connectivity index (χ1n) is 13.3. The van der Waals surface area contributed by atoms with Crippen LogP contribution in [-0.4, -0.2) is 22.7 Å². The molecule has 0 aromatic carbocycles. The number of aliphatic hydroxyl groups excluding tert-OH is 1. The topological polar surface area (TPSA) is 46.5 Å². The average Bonchev–Trinajstić information content (AvgIpc) is 3.07. The summed E-state index contributed by atoms with van der Waals surface area (Å²) in [5, 5.41) is 10.6. The molecule has 0 aliphatic heterocycles. The highest BCUT2D eigenvalue weighted by Gasteiger charge is 2.60. The number of allylic oxidation sites excluding steroid dienone is 1. The lowest BCUT2D eigenvalue weighted by atomic mass is 9.46. The van der Waals surface area contributed by atoms with Crippen molar-refractivity contribution in [3.05, 3.63) is 11.6 Å². The second kappa shape index (κ2) is 9.25. The molecule has 4 heteroatoms. The third kappa shape index (κ3) is 4.19. The van der Waals surface area contributed by atoms with Gasteiger partial charge in [-0.05, 0) is 96.9 Å². The summed E-state index contributed by atoms with van der Waals surface area (Å²) < 4.78 is 5.44. The van der Waals surface area contributed by atoms with Crippen LogP contribution in [0.25, 0.3) is 0 Å². The Morgan fingerprint density at radius 3 is 2.56 bits per heavy atom. The average molecular weight is 465 g/mol. The van der Waals surface area contributed by atoms with E-state index in [0.717, 1.165) is 48.0 Å². The van der Waals surface area contributed by atoms with Gasteiger partial charge in [-0.1, -0.05) is 60.0 Å². The standard InChI is InChI=1S/C28H45ClO3/c1-17(2)7-6-8-18(3)20-11-12-21-19-9-10-23-25(32-26(29)31)24(30)14-16-28(23,5)22(19)13-15-27(20,21)4/h10,17-22,24-25,30H,6-9,11-16H2,1-5H3/t18-,19+,20-,21+,22+,24+,25?,27-,28-/m1/s1. The maximum atomic E-state index is 11.5. The number of ether oxygens (including phenoxy) is 1. The molecular weight excluding hydrogens is 420 g/mol. The molecule has 4 rings (SSSR count). The summed E-state index contributed by atoms with van der Waals surface area (Å²) in [5.41, 5.74) is 0.826. The van der Waals surface area contributed by atoms with Crippen molar-refractivity contribution >= 4 is 17.0 Å². The molecule has 0 spiro atoms. The van der Waals surface area contributed by atoms with Gasteiger partial charge >= 0.3 is 5.43 Å². The van der Waals surface area contributed by atoms with Gasteiger partial charge in [0.05, 0.1) is 6.10 Å². The van der Waals surface area contributed by atoms with Crippen LogP contribution >= 0.6 is 11.6 Å². The molecule has 0 heterocycles. The maximum absolute atomic E-state index is 11.5. The van der Waals surface area contributed by atoms with Gasteiger partial charge in [-0.25, -0.2) is 4.79 Å². The third-order valence-corrected chi connectivity index (χ3v) is 10.7. The summed E-state index contributed by atoms with van der Waals surface area (Å²) in [4.78, 5) is 11.5. The molecule has 3 nitrogen and oxygen atoms in total. The Morgan fingerprint density at radius 2 is 1.88 bits per heavy atom. The predicted molar refractivity (Wildman–Crippen MR) is 131 cm³/mol. The van der Waals surface area contributed by atoms with Gasteiger partial charge in [-0.15, -0.1) is 0 Å². The fourth-order valence-electron chi connectivity index (χ4n) is 8.96. The van der Waals surface area contributed by atoms with Crippen LogP contribution in [-0.2, 0) is 4.74 Å². The largest absolute Gasteiger partial charge is 0.443 e. The molecule has 32 heavy (non-hydrogen) atoms. The lowest BCUT2D eigenvalue weighted by Crippen LogP contribution is -2.54. The number of rotatable bonds is 6. The van der Waals surface area contributed by atoms with Crippen molar-refractivity contribution in [2.24, 2.45) is 46.3 Å². The van der Waals surface area contributed by atoms with Crippen LogP contribution < -0.4 is 0 Å². The zero-order chi connectivity index (χ0) is 23.3. The minimum absolute atomic E-state index is 0.0153. The van der Waals surface area contributed by atoms with Crippen molar-refractivity contribution in [1.82, 2.24) is 0 Å². The molecule has 3 fully saturated rings. The van der Waals surface area contributed by atoms with Crippen LogP contribution in [0.3, 0.4) is 0 Å². The van der Waals surface area contributed by atoms with E-state index >= 15 is 0 Å². The van der Waals surface area contributed by atoms with E-state index < -0.39 is 17.6 Å². The van der Waals surface area contributed by atoms with Gasteiger partial charge in [-0.2, -0.15) is 0 Å². The van der Waals surface area contributed by atoms with E-state index in [-0.39, 0.29) is 5.41 Å². The first-order valence-corrected chi connectivity index (χ1v) is 13.7. The van der Waals surface area contributed by atoms with Crippen molar-refractivity contribution < 1.29 is 14.6 Å². The van der Waals surface area contributed by atoms with Crippen LogP contribution in [0.1, 0.15) is 98.8 Å². The lowest BCUT2D eigenvalue weighted by molar-refractivity contribution is -0.0799. The number of halogens is 1. The lowest BCUT2D eigenvalue weighted by Gasteiger charge is -2.59. The normalized spacial score (nSPS) is 44.3. The summed E-state index contributed by atoms with van der Waals surface area (Å²) >= 11 is 5.58. The predicted octanol–water partition coefficient (Wildman–Crippen LogP) is 7.74. The van der Waals surface area contributed by atoms with E-state index in [1.54, 1.807) is 0 Å². The van der Waals surface area contributed by atoms with E-state index in [9.17, 15) is 9.90 Å². The van der Waals surface area contributed by atoms with Gasteiger partial charge in [-0.3, -0.25) is 0 Å². The molecule has 1 unspecified atom stereocenters. The number of fused-ring (bicyclic) bond motifs is 5. The Labute approximate surface area is 200 Å². The minimum Gasteiger partial charge on any atom is -0.443 e. The van der Waals surface area contributed by atoms with E-state index in [1.165, 1.54) is 44.9 Å². The Balaban J connectivity index is 1.53. The van der Waals surface area contributed by atoms with Gasteiger partial charge in [0.1, 0.15) is 0 Å². The molecule has 0 saturated heterocycles. The SMILES string of the molecule is CC(C)CCC[C@@H](C)[C@H]1CC[C@H]2[C@@H]3CC=C4C(OC(=O)Cl)[C@@H](O)CC[C@]4(C)[C@H]3CC[C@]12C. The first kappa shape index (κ1) is 24.6. The van der Waals surface area contributed by atoms with Gasteiger partial charge < -0.3 is 9.84 Å². The monoisotopic (exact) mass is 464 g/mol. The number of hydrogen-bond acceptors (Lipinski definition) is 3. The third-order valence-electron chi connectivity index (χ3n) is 10.6. The van der Waals surface area contributed by atoms with Gasteiger partial charge in [0, 0.05) is 11.6 Å². The molecule has 0 amide bonds. The fraction of sp³-hybridized carbons (Fsp3) is 0.893. The summed E-state index contributed by atoms with van der Waals surface area (Å²) in [6.45, 7) is 12.2. The Bertz CT molecular complexity index is 732. The number of aliphatic hydroxyl groups is 1. The summed E-state index contributed by atoms with van der Waals surface area (Å²) in [6.07, 6.45) is 13.3. The number of carbonyl (C=O) groups excluding carboxylic acids is 1. The summed E-state index contributed by atoms with van der Waals surface area (Å²) in [7, 11) is 0. The first-order chi connectivity index (χ1) is 15.1. The van der Waals surface area contributed by atoms with E-state index in [1.807, 2.05) is 0 Å². The van der Waals surface area contributed by atoms with Gasteiger partial charge in [0.15, 0.2) is 6.10 Å². The summed E-state index contributed by atoms with van der Waals surface area (Å²) in [5.74, 6) is 4.64. The van der Waals surface area contributed by atoms with E-state index in [0.29, 0.717) is 17.8 Å². The van der Waals surface area contributed by atoms with Crippen LogP contribution in [0, 0.1) is 46.3 Å². The van der Waals surface area contributed by atoms with Gasteiger partial charge in [0.25, 0.3) is 0 Å². The second-order valence-electron chi connectivity index (χ2n) is 12.6.